The molecule has 4 aromatic rings. The molecule has 0 unspecified atom stereocenters. The zero-order valence-corrected chi connectivity index (χ0v) is 18.1. The fraction of sp³-hybridized carbons (Fsp3) is 0.227. The summed E-state index contributed by atoms with van der Waals surface area (Å²) >= 11 is 2.70. The second-order valence-electron chi connectivity index (χ2n) is 6.96. The molecule has 0 bridgehead atoms. The molecule has 0 spiro atoms. The fourth-order valence-electron chi connectivity index (χ4n) is 3.40. The van der Waals surface area contributed by atoms with Crippen molar-refractivity contribution in [2.24, 2.45) is 7.05 Å². The molecule has 0 saturated heterocycles. The van der Waals surface area contributed by atoms with Crippen molar-refractivity contribution in [3.05, 3.63) is 80.7 Å². The minimum atomic E-state index is -0.0685. The number of ketones is 1. The van der Waals surface area contributed by atoms with Crippen LogP contribution in [0.3, 0.4) is 0 Å². The third-order valence-electron chi connectivity index (χ3n) is 5.04. The molecule has 0 amide bonds. The summed E-state index contributed by atoms with van der Waals surface area (Å²) in [7, 11) is 1.70. The predicted molar refractivity (Wildman–Crippen MR) is 119 cm³/mol. The van der Waals surface area contributed by atoms with Gasteiger partial charge >= 0.3 is 0 Å². The van der Waals surface area contributed by atoms with E-state index in [-0.39, 0.29) is 17.1 Å². The summed E-state index contributed by atoms with van der Waals surface area (Å²) < 4.78 is 4.33. The molecular formula is C22H21N3O2S2. The number of fused-ring (bicyclic) bond motifs is 1. The Bertz CT molecular complexity index is 1250. The van der Waals surface area contributed by atoms with Crippen LogP contribution < -0.4 is 5.56 Å². The van der Waals surface area contributed by atoms with Crippen molar-refractivity contribution >= 4 is 39.1 Å². The number of carbonyl (C=O) groups is 1. The van der Waals surface area contributed by atoms with E-state index >= 15 is 0 Å². The lowest BCUT2D eigenvalue weighted by Crippen LogP contribution is -2.19. The van der Waals surface area contributed by atoms with Crippen molar-refractivity contribution in [1.82, 2.24) is 14.1 Å². The van der Waals surface area contributed by atoms with E-state index in [1.54, 1.807) is 7.05 Å². The van der Waals surface area contributed by atoms with E-state index < -0.39 is 0 Å². The molecule has 148 valence electrons. The lowest BCUT2D eigenvalue weighted by molar-refractivity contribution is 0.102. The zero-order valence-electron chi connectivity index (χ0n) is 16.5. The molecule has 0 N–H and O–H groups in total. The van der Waals surface area contributed by atoms with Gasteiger partial charge in [-0.05, 0) is 36.9 Å². The average Bonchev–Trinajstić information content (AvgIpc) is 3.30. The Morgan fingerprint density at radius 1 is 1.17 bits per heavy atom. The molecule has 0 aliphatic heterocycles. The molecule has 0 saturated carbocycles. The summed E-state index contributed by atoms with van der Waals surface area (Å²) in [5, 5.41) is 2.42. The number of aryl methyl sites for hydroxylation is 1. The van der Waals surface area contributed by atoms with Crippen molar-refractivity contribution < 1.29 is 4.79 Å². The van der Waals surface area contributed by atoms with Crippen LogP contribution in [-0.2, 0) is 13.6 Å². The molecule has 0 aliphatic carbocycles. The first-order chi connectivity index (χ1) is 14.0. The van der Waals surface area contributed by atoms with Crippen molar-refractivity contribution in [1.29, 1.82) is 0 Å². The van der Waals surface area contributed by atoms with Crippen molar-refractivity contribution in [2.75, 3.05) is 5.75 Å². The van der Waals surface area contributed by atoms with Crippen LogP contribution in [0, 0.1) is 13.8 Å². The second kappa shape index (κ2) is 8.00. The minimum absolute atomic E-state index is 0.0436. The molecule has 0 radical (unpaired) electrons. The number of Topliss-reactive ketones (excluding diaryl/α,β-unsaturated/α-hetero) is 1. The van der Waals surface area contributed by atoms with Gasteiger partial charge in [0, 0.05) is 30.5 Å². The largest absolute Gasteiger partial charge is 0.344 e. The maximum atomic E-state index is 12.9. The third-order valence-corrected chi connectivity index (χ3v) is 6.96. The van der Waals surface area contributed by atoms with Crippen LogP contribution in [0.2, 0.25) is 0 Å². The normalized spacial score (nSPS) is 11.3. The molecule has 3 heterocycles. The van der Waals surface area contributed by atoms with Gasteiger partial charge in [-0.15, -0.1) is 11.3 Å². The van der Waals surface area contributed by atoms with E-state index in [0.717, 1.165) is 23.5 Å². The van der Waals surface area contributed by atoms with Gasteiger partial charge in [-0.1, -0.05) is 42.1 Å². The highest BCUT2D eigenvalue weighted by Crippen LogP contribution is 2.23. The van der Waals surface area contributed by atoms with Crippen molar-refractivity contribution in [3.63, 3.8) is 0 Å². The monoisotopic (exact) mass is 423 g/mol. The van der Waals surface area contributed by atoms with Gasteiger partial charge in [0.25, 0.3) is 5.56 Å². The van der Waals surface area contributed by atoms with E-state index in [0.29, 0.717) is 15.4 Å². The minimum Gasteiger partial charge on any atom is -0.344 e. The molecular weight excluding hydrogens is 402 g/mol. The van der Waals surface area contributed by atoms with E-state index in [9.17, 15) is 9.59 Å². The highest BCUT2D eigenvalue weighted by molar-refractivity contribution is 7.99. The van der Waals surface area contributed by atoms with Gasteiger partial charge in [-0.2, -0.15) is 0 Å². The third kappa shape index (κ3) is 3.80. The van der Waals surface area contributed by atoms with Crippen LogP contribution in [0.25, 0.3) is 10.2 Å². The second-order valence-corrected chi connectivity index (χ2v) is 8.82. The highest BCUT2D eigenvalue weighted by atomic mass is 32.2. The summed E-state index contributed by atoms with van der Waals surface area (Å²) in [5.41, 5.74) is 4.57. The van der Waals surface area contributed by atoms with Crippen molar-refractivity contribution in [3.8, 4) is 0 Å². The SMILES string of the molecule is Cc1cc(C(=O)CSc2nc3ccsc3c(=O)n2C)c(C)n1Cc1ccccc1. The first-order valence-electron chi connectivity index (χ1n) is 9.26. The van der Waals surface area contributed by atoms with Crippen LogP contribution in [-0.4, -0.2) is 25.7 Å². The highest BCUT2D eigenvalue weighted by Gasteiger charge is 2.18. The molecule has 7 heteroatoms. The molecule has 5 nitrogen and oxygen atoms in total. The summed E-state index contributed by atoms with van der Waals surface area (Å²) in [6.45, 7) is 4.75. The first kappa shape index (κ1) is 19.7. The van der Waals surface area contributed by atoms with Gasteiger partial charge in [0.05, 0.1) is 11.3 Å². The number of hydrogen-bond acceptors (Lipinski definition) is 5. The van der Waals surface area contributed by atoms with Gasteiger partial charge in [0.2, 0.25) is 0 Å². The summed E-state index contributed by atoms with van der Waals surface area (Å²) in [6, 6.07) is 14.0. The van der Waals surface area contributed by atoms with Crippen LogP contribution in [0.1, 0.15) is 27.3 Å². The van der Waals surface area contributed by atoms with Gasteiger partial charge in [0.1, 0.15) is 4.70 Å². The Morgan fingerprint density at radius 2 is 1.93 bits per heavy atom. The molecule has 1 aromatic carbocycles. The van der Waals surface area contributed by atoms with Crippen LogP contribution >= 0.6 is 23.1 Å². The number of carbonyl (C=O) groups excluding carboxylic acids is 1. The first-order valence-corrected chi connectivity index (χ1v) is 11.1. The van der Waals surface area contributed by atoms with Gasteiger partial charge in [-0.3, -0.25) is 14.2 Å². The van der Waals surface area contributed by atoms with Gasteiger partial charge in [-0.25, -0.2) is 4.98 Å². The van der Waals surface area contributed by atoms with Crippen molar-refractivity contribution in [2.45, 2.75) is 25.5 Å². The summed E-state index contributed by atoms with van der Waals surface area (Å²) in [6.07, 6.45) is 0. The molecule has 3 aromatic heterocycles. The average molecular weight is 424 g/mol. The lowest BCUT2D eigenvalue weighted by atomic mass is 10.2. The van der Waals surface area contributed by atoms with E-state index in [1.165, 1.54) is 33.2 Å². The number of aromatic nitrogens is 3. The Hall–Kier alpha value is -2.64. The summed E-state index contributed by atoms with van der Waals surface area (Å²) in [4.78, 5) is 29.9. The quantitative estimate of drug-likeness (QED) is 0.261. The van der Waals surface area contributed by atoms with E-state index in [2.05, 4.69) is 21.7 Å². The Balaban J connectivity index is 1.54. The van der Waals surface area contributed by atoms with Gasteiger partial charge in [0.15, 0.2) is 10.9 Å². The van der Waals surface area contributed by atoms with Gasteiger partial charge < -0.3 is 4.57 Å². The number of rotatable bonds is 6. The van der Waals surface area contributed by atoms with E-state index in [4.69, 9.17) is 0 Å². The summed E-state index contributed by atoms with van der Waals surface area (Å²) in [5.74, 6) is 0.285. The number of thioether (sulfide) groups is 1. The van der Waals surface area contributed by atoms with Crippen LogP contribution in [0.5, 0.6) is 0 Å². The molecule has 0 aliphatic rings. The lowest BCUT2D eigenvalue weighted by Gasteiger charge is -2.10. The van der Waals surface area contributed by atoms with Crippen LogP contribution in [0.15, 0.2) is 57.8 Å². The van der Waals surface area contributed by atoms with E-state index in [1.807, 2.05) is 49.6 Å². The Kier molecular flexibility index (Phi) is 5.43. The maximum Gasteiger partial charge on any atom is 0.271 e. The molecule has 0 fully saturated rings. The number of benzene rings is 1. The Morgan fingerprint density at radius 3 is 2.69 bits per heavy atom. The van der Waals surface area contributed by atoms with Crippen LogP contribution in [0.4, 0.5) is 0 Å². The molecule has 4 rings (SSSR count). The maximum absolute atomic E-state index is 12.9. The number of thiophene rings is 1. The molecule has 29 heavy (non-hydrogen) atoms. The standard InChI is InChI=1S/C22H21N3O2S2/c1-14-11-17(15(2)25(14)12-16-7-5-4-6-8-16)19(26)13-29-22-23-18-9-10-28-20(18)21(27)24(22)3/h4-11H,12-13H2,1-3H3. The molecule has 0 atom stereocenters. The predicted octanol–water partition coefficient (Wildman–Crippen LogP) is 4.44. The topological polar surface area (TPSA) is 56.9 Å². The fourth-order valence-corrected chi connectivity index (χ4v) is 5.06. The smallest absolute Gasteiger partial charge is 0.271 e. The number of hydrogen-bond donors (Lipinski definition) is 0. The Labute approximate surface area is 177 Å². The number of nitrogens with zero attached hydrogens (tertiary/aromatic N) is 3. The zero-order chi connectivity index (χ0) is 20.5.